The molecule has 2 atom stereocenters. The van der Waals surface area contributed by atoms with E-state index in [-0.39, 0.29) is 12.1 Å². The molecular formula is C6H15NO. The van der Waals surface area contributed by atoms with Crippen LogP contribution in [-0.4, -0.2) is 17.3 Å². The molecule has 0 aliphatic carbocycles. The van der Waals surface area contributed by atoms with E-state index in [4.69, 9.17) is 10.8 Å². The zero-order valence-electron chi connectivity index (χ0n) is 5.59. The lowest BCUT2D eigenvalue weighted by Gasteiger charge is -2.11. The van der Waals surface area contributed by atoms with Gasteiger partial charge in [-0.05, 0) is 13.3 Å². The lowest BCUT2D eigenvalue weighted by Crippen LogP contribution is -2.30. The van der Waals surface area contributed by atoms with E-state index < -0.39 is 0 Å². The van der Waals surface area contributed by atoms with E-state index in [2.05, 4.69) is 0 Å². The minimum Gasteiger partial charge on any atom is -0.392 e. The van der Waals surface area contributed by atoms with Gasteiger partial charge >= 0.3 is 0 Å². The molecule has 50 valence electrons. The molecule has 0 saturated carbocycles. The molecule has 0 saturated heterocycles. The summed E-state index contributed by atoms with van der Waals surface area (Å²) in [4.78, 5) is 0. The minimum atomic E-state index is -0.306. The molecule has 3 N–H and O–H groups in total. The van der Waals surface area contributed by atoms with Crippen LogP contribution >= 0.6 is 0 Å². The van der Waals surface area contributed by atoms with Crippen molar-refractivity contribution in [2.24, 2.45) is 5.73 Å². The molecule has 0 rings (SSSR count). The average molecular weight is 117 g/mol. The van der Waals surface area contributed by atoms with Crippen molar-refractivity contribution in [3.63, 3.8) is 0 Å². The standard InChI is InChI=1S/C6H15NO/c1-3-4-6(8)5(2)7/h5-6,8H,3-4,7H2,1-2H3/t5-,6-/m1/s1. The molecule has 0 radical (unpaired) electrons. The van der Waals surface area contributed by atoms with Crippen molar-refractivity contribution in [2.45, 2.75) is 38.8 Å². The van der Waals surface area contributed by atoms with Gasteiger partial charge in [-0.2, -0.15) is 0 Å². The minimum absolute atomic E-state index is 0.0741. The Kier molecular flexibility index (Phi) is 3.83. The molecule has 0 aliphatic rings. The lowest BCUT2D eigenvalue weighted by atomic mass is 10.1. The Morgan fingerprint density at radius 2 is 2.12 bits per heavy atom. The van der Waals surface area contributed by atoms with E-state index in [1.807, 2.05) is 13.8 Å². The third-order valence-electron chi connectivity index (χ3n) is 1.19. The highest BCUT2D eigenvalue weighted by atomic mass is 16.3. The summed E-state index contributed by atoms with van der Waals surface area (Å²) in [5.41, 5.74) is 5.37. The number of hydrogen-bond acceptors (Lipinski definition) is 2. The van der Waals surface area contributed by atoms with Crippen LogP contribution in [0.5, 0.6) is 0 Å². The fourth-order valence-electron chi connectivity index (χ4n) is 0.559. The first-order chi connectivity index (χ1) is 3.68. The van der Waals surface area contributed by atoms with Crippen molar-refractivity contribution in [1.82, 2.24) is 0 Å². The second-order valence-electron chi connectivity index (χ2n) is 2.22. The summed E-state index contributed by atoms with van der Waals surface area (Å²) in [6.45, 7) is 3.85. The Morgan fingerprint density at radius 3 is 2.25 bits per heavy atom. The van der Waals surface area contributed by atoms with Crippen LogP contribution in [0.15, 0.2) is 0 Å². The molecule has 0 fully saturated rings. The quantitative estimate of drug-likeness (QED) is 0.565. The third kappa shape index (κ3) is 2.99. The molecule has 0 heterocycles. The molecule has 8 heavy (non-hydrogen) atoms. The van der Waals surface area contributed by atoms with Crippen molar-refractivity contribution >= 4 is 0 Å². The number of aliphatic hydroxyl groups is 1. The largest absolute Gasteiger partial charge is 0.392 e. The van der Waals surface area contributed by atoms with Gasteiger partial charge in [-0.25, -0.2) is 0 Å². The van der Waals surface area contributed by atoms with Gasteiger partial charge in [-0.3, -0.25) is 0 Å². The highest BCUT2D eigenvalue weighted by Crippen LogP contribution is 1.97. The second kappa shape index (κ2) is 3.87. The zero-order valence-corrected chi connectivity index (χ0v) is 5.59. The predicted octanol–water partition coefficient (Wildman–Crippen LogP) is 0.495. The van der Waals surface area contributed by atoms with Gasteiger partial charge in [0.25, 0.3) is 0 Å². The van der Waals surface area contributed by atoms with Gasteiger partial charge in [-0.1, -0.05) is 13.3 Å². The van der Waals surface area contributed by atoms with E-state index in [0.717, 1.165) is 12.8 Å². The van der Waals surface area contributed by atoms with Crippen LogP contribution in [-0.2, 0) is 0 Å². The van der Waals surface area contributed by atoms with Crippen LogP contribution in [0.25, 0.3) is 0 Å². The summed E-state index contributed by atoms with van der Waals surface area (Å²) in [7, 11) is 0. The second-order valence-corrected chi connectivity index (χ2v) is 2.22. The first-order valence-corrected chi connectivity index (χ1v) is 3.12. The highest BCUT2D eigenvalue weighted by molar-refractivity contribution is 4.64. The molecule has 0 unspecified atom stereocenters. The maximum Gasteiger partial charge on any atom is 0.0688 e. The summed E-state index contributed by atoms with van der Waals surface area (Å²) in [6.07, 6.45) is 1.51. The Labute approximate surface area is 50.7 Å². The van der Waals surface area contributed by atoms with Gasteiger partial charge in [0, 0.05) is 6.04 Å². The van der Waals surface area contributed by atoms with Crippen LogP contribution in [0.1, 0.15) is 26.7 Å². The van der Waals surface area contributed by atoms with Gasteiger partial charge in [0.05, 0.1) is 6.10 Å². The van der Waals surface area contributed by atoms with Crippen molar-refractivity contribution in [2.75, 3.05) is 0 Å². The van der Waals surface area contributed by atoms with Crippen LogP contribution in [0.3, 0.4) is 0 Å². The molecule has 0 aliphatic heterocycles. The number of nitrogens with two attached hydrogens (primary N) is 1. The molecule has 0 aromatic carbocycles. The van der Waals surface area contributed by atoms with Crippen LogP contribution < -0.4 is 5.73 Å². The Hall–Kier alpha value is -0.0800. The van der Waals surface area contributed by atoms with Gasteiger partial charge in [0.2, 0.25) is 0 Å². The molecular weight excluding hydrogens is 102 g/mol. The molecule has 0 aromatic rings. The Bertz CT molecular complexity index is 54.5. The van der Waals surface area contributed by atoms with Gasteiger partial charge in [0.15, 0.2) is 0 Å². The van der Waals surface area contributed by atoms with Gasteiger partial charge in [0.1, 0.15) is 0 Å². The van der Waals surface area contributed by atoms with E-state index in [1.54, 1.807) is 0 Å². The first kappa shape index (κ1) is 7.92. The monoisotopic (exact) mass is 117 g/mol. The average Bonchev–Trinajstić information content (AvgIpc) is 1.67. The molecule has 0 bridgehead atoms. The molecule has 0 amide bonds. The van der Waals surface area contributed by atoms with E-state index in [0.29, 0.717) is 0 Å². The fraction of sp³-hybridized carbons (Fsp3) is 1.00. The summed E-state index contributed by atoms with van der Waals surface area (Å²) >= 11 is 0. The van der Waals surface area contributed by atoms with Crippen molar-refractivity contribution in [3.8, 4) is 0 Å². The summed E-state index contributed by atoms with van der Waals surface area (Å²) < 4.78 is 0. The van der Waals surface area contributed by atoms with Crippen LogP contribution in [0, 0.1) is 0 Å². The topological polar surface area (TPSA) is 46.2 Å². The maximum absolute atomic E-state index is 9.00. The summed E-state index contributed by atoms with van der Waals surface area (Å²) in [5.74, 6) is 0. The fourth-order valence-corrected chi connectivity index (χ4v) is 0.559. The SMILES string of the molecule is CCC[C@@H](O)[C@@H](C)N. The number of rotatable bonds is 3. The van der Waals surface area contributed by atoms with Crippen LogP contribution in [0.4, 0.5) is 0 Å². The normalized spacial score (nSPS) is 18.0. The Balaban J connectivity index is 3.17. The molecule has 2 heteroatoms. The predicted molar refractivity (Wildman–Crippen MR) is 34.6 cm³/mol. The Morgan fingerprint density at radius 1 is 1.62 bits per heavy atom. The smallest absolute Gasteiger partial charge is 0.0688 e. The zero-order chi connectivity index (χ0) is 6.57. The lowest BCUT2D eigenvalue weighted by molar-refractivity contribution is 0.140. The van der Waals surface area contributed by atoms with Gasteiger partial charge in [-0.15, -0.1) is 0 Å². The third-order valence-corrected chi connectivity index (χ3v) is 1.19. The maximum atomic E-state index is 9.00. The molecule has 0 aromatic heterocycles. The number of aliphatic hydroxyl groups excluding tert-OH is 1. The van der Waals surface area contributed by atoms with E-state index in [1.165, 1.54) is 0 Å². The van der Waals surface area contributed by atoms with Crippen LogP contribution in [0.2, 0.25) is 0 Å². The van der Waals surface area contributed by atoms with Crippen molar-refractivity contribution < 1.29 is 5.11 Å². The van der Waals surface area contributed by atoms with E-state index in [9.17, 15) is 0 Å². The summed E-state index contributed by atoms with van der Waals surface area (Å²) in [5, 5.41) is 9.00. The molecule has 0 spiro atoms. The highest BCUT2D eigenvalue weighted by Gasteiger charge is 2.05. The van der Waals surface area contributed by atoms with Crippen molar-refractivity contribution in [3.05, 3.63) is 0 Å². The van der Waals surface area contributed by atoms with Gasteiger partial charge < -0.3 is 10.8 Å². The van der Waals surface area contributed by atoms with E-state index >= 15 is 0 Å². The molecule has 2 nitrogen and oxygen atoms in total. The van der Waals surface area contributed by atoms with Crippen molar-refractivity contribution in [1.29, 1.82) is 0 Å². The summed E-state index contributed by atoms with van der Waals surface area (Å²) in [6, 6.07) is -0.0741. The first-order valence-electron chi connectivity index (χ1n) is 3.12. The number of hydrogen-bond donors (Lipinski definition) is 2.